The van der Waals surface area contributed by atoms with Crippen LogP contribution in [0.2, 0.25) is 0 Å². The van der Waals surface area contributed by atoms with Gasteiger partial charge in [-0.15, -0.1) is 0 Å². The lowest BCUT2D eigenvalue weighted by molar-refractivity contribution is -0.116. The van der Waals surface area contributed by atoms with Crippen molar-refractivity contribution in [2.45, 2.75) is 12.8 Å². The van der Waals surface area contributed by atoms with E-state index in [0.29, 0.717) is 18.7 Å². The quantitative estimate of drug-likeness (QED) is 0.466. The molecule has 6 heteroatoms. The summed E-state index contributed by atoms with van der Waals surface area (Å²) in [5, 5.41) is 11.1. The van der Waals surface area contributed by atoms with Gasteiger partial charge < -0.3 is 14.8 Å². The number of nitrogens with one attached hydrogen (secondary N) is 2. The van der Waals surface area contributed by atoms with Gasteiger partial charge in [0.25, 0.3) is 0 Å². The third-order valence-electron chi connectivity index (χ3n) is 5.02. The van der Waals surface area contributed by atoms with Gasteiger partial charge in [0.05, 0.1) is 19.7 Å². The first-order chi connectivity index (χ1) is 14.7. The lowest BCUT2D eigenvalue weighted by Crippen LogP contribution is -2.12. The van der Waals surface area contributed by atoms with Crippen LogP contribution in [0.25, 0.3) is 22.0 Å². The minimum Gasteiger partial charge on any atom is -0.497 e. The molecule has 152 valence electrons. The van der Waals surface area contributed by atoms with Gasteiger partial charge in [0.15, 0.2) is 5.82 Å². The maximum Gasteiger partial charge on any atom is 0.225 e. The van der Waals surface area contributed by atoms with Gasteiger partial charge in [-0.1, -0.05) is 36.4 Å². The van der Waals surface area contributed by atoms with Gasteiger partial charge in [-0.05, 0) is 47.9 Å². The summed E-state index contributed by atoms with van der Waals surface area (Å²) in [6, 6.07) is 21.5. The summed E-state index contributed by atoms with van der Waals surface area (Å²) in [7, 11) is 3.28. The number of hydrogen-bond acceptors (Lipinski definition) is 4. The number of nitrogens with zero attached hydrogens (tertiary/aromatic N) is 1. The highest BCUT2D eigenvalue weighted by Crippen LogP contribution is 2.35. The van der Waals surface area contributed by atoms with E-state index < -0.39 is 0 Å². The lowest BCUT2D eigenvalue weighted by Gasteiger charge is -2.11. The van der Waals surface area contributed by atoms with Crippen LogP contribution in [0.15, 0.2) is 66.7 Å². The SMILES string of the molecule is COc1ccc(OC)c(-c2ccc3c(NC(=O)CCc4ccccc4)n[nH]c3c2)c1. The molecule has 0 fully saturated rings. The third kappa shape index (κ3) is 4.12. The Bertz CT molecular complexity index is 1170. The van der Waals surface area contributed by atoms with Crippen molar-refractivity contribution in [2.75, 3.05) is 19.5 Å². The number of H-pyrrole nitrogens is 1. The Morgan fingerprint density at radius 2 is 1.83 bits per heavy atom. The van der Waals surface area contributed by atoms with Gasteiger partial charge in [-0.3, -0.25) is 9.89 Å². The fraction of sp³-hybridized carbons (Fsp3) is 0.167. The number of amides is 1. The fourth-order valence-electron chi connectivity index (χ4n) is 3.42. The van der Waals surface area contributed by atoms with E-state index in [0.717, 1.165) is 39.1 Å². The fourth-order valence-corrected chi connectivity index (χ4v) is 3.42. The lowest BCUT2D eigenvalue weighted by atomic mass is 10.0. The number of fused-ring (bicyclic) bond motifs is 1. The van der Waals surface area contributed by atoms with Gasteiger partial charge in [-0.25, -0.2) is 0 Å². The Kier molecular flexibility index (Phi) is 5.66. The Morgan fingerprint density at radius 1 is 1.00 bits per heavy atom. The second-order valence-corrected chi connectivity index (χ2v) is 6.93. The van der Waals surface area contributed by atoms with Crippen molar-refractivity contribution >= 4 is 22.6 Å². The topological polar surface area (TPSA) is 76.2 Å². The molecule has 1 aromatic heterocycles. The molecule has 0 radical (unpaired) electrons. The standard InChI is InChI=1S/C24H23N3O3/c1-29-18-10-12-22(30-2)20(15-18)17-9-11-19-21(14-17)26-27-24(19)25-23(28)13-8-16-6-4-3-5-7-16/h3-7,9-12,14-15H,8,13H2,1-2H3,(H2,25,26,27,28). The van der Waals surface area contributed by atoms with Gasteiger partial charge >= 0.3 is 0 Å². The first-order valence-electron chi connectivity index (χ1n) is 9.72. The van der Waals surface area contributed by atoms with E-state index in [2.05, 4.69) is 15.5 Å². The first kappa shape index (κ1) is 19.5. The van der Waals surface area contributed by atoms with Crippen LogP contribution in [-0.4, -0.2) is 30.3 Å². The van der Waals surface area contributed by atoms with Crippen LogP contribution in [0.3, 0.4) is 0 Å². The molecule has 0 spiro atoms. The molecule has 0 aliphatic rings. The number of anilines is 1. The Morgan fingerprint density at radius 3 is 2.60 bits per heavy atom. The monoisotopic (exact) mass is 401 g/mol. The molecule has 0 bridgehead atoms. The molecule has 2 N–H and O–H groups in total. The van der Waals surface area contributed by atoms with Crippen molar-refractivity contribution in [3.8, 4) is 22.6 Å². The molecule has 0 aliphatic carbocycles. The zero-order chi connectivity index (χ0) is 20.9. The molecule has 1 heterocycles. The van der Waals surface area contributed by atoms with Crippen molar-refractivity contribution in [3.63, 3.8) is 0 Å². The van der Waals surface area contributed by atoms with Crippen LogP contribution >= 0.6 is 0 Å². The van der Waals surface area contributed by atoms with Gasteiger partial charge in [0.2, 0.25) is 5.91 Å². The highest BCUT2D eigenvalue weighted by molar-refractivity contribution is 6.00. The molecular formula is C24H23N3O3. The summed E-state index contributed by atoms with van der Waals surface area (Å²) in [5.41, 5.74) is 3.85. The molecular weight excluding hydrogens is 378 g/mol. The zero-order valence-corrected chi connectivity index (χ0v) is 16.9. The third-order valence-corrected chi connectivity index (χ3v) is 5.02. The Labute approximate surface area is 174 Å². The van der Waals surface area contributed by atoms with Crippen molar-refractivity contribution < 1.29 is 14.3 Å². The van der Waals surface area contributed by atoms with Crippen molar-refractivity contribution in [2.24, 2.45) is 0 Å². The van der Waals surface area contributed by atoms with E-state index in [1.54, 1.807) is 14.2 Å². The molecule has 0 unspecified atom stereocenters. The number of aromatic nitrogens is 2. The van der Waals surface area contributed by atoms with Crippen LogP contribution in [0.5, 0.6) is 11.5 Å². The molecule has 0 saturated heterocycles. The molecule has 1 amide bonds. The van der Waals surface area contributed by atoms with Crippen LogP contribution in [0, 0.1) is 0 Å². The average Bonchev–Trinajstić information content (AvgIpc) is 3.19. The number of hydrogen-bond donors (Lipinski definition) is 2. The molecule has 0 saturated carbocycles. The van der Waals surface area contributed by atoms with E-state index in [1.807, 2.05) is 66.7 Å². The van der Waals surface area contributed by atoms with Crippen LogP contribution in [0.1, 0.15) is 12.0 Å². The van der Waals surface area contributed by atoms with E-state index in [4.69, 9.17) is 9.47 Å². The normalized spacial score (nSPS) is 10.7. The average molecular weight is 401 g/mol. The predicted molar refractivity (Wildman–Crippen MR) is 118 cm³/mol. The van der Waals surface area contributed by atoms with E-state index in [-0.39, 0.29) is 5.91 Å². The van der Waals surface area contributed by atoms with E-state index in [9.17, 15) is 4.79 Å². The summed E-state index contributed by atoms with van der Waals surface area (Å²) in [6.45, 7) is 0. The molecule has 0 aliphatic heterocycles. The Hall–Kier alpha value is -3.80. The second-order valence-electron chi connectivity index (χ2n) is 6.93. The van der Waals surface area contributed by atoms with Crippen molar-refractivity contribution in [1.29, 1.82) is 0 Å². The van der Waals surface area contributed by atoms with Crippen molar-refractivity contribution in [3.05, 3.63) is 72.3 Å². The molecule has 0 atom stereocenters. The maximum absolute atomic E-state index is 12.4. The molecule has 6 nitrogen and oxygen atoms in total. The van der Waals surface area contributed by atoms with Gasteiger partial charge in [-0.2, -0.15) is 5.10 Å². The predicted octanol–water partition coefficient (Wildman–Crippen LogP) is 4.82. The summed E-state index contributed by atoms with van der Waals surface area (Å²) in [4.78, 5) is 12.4. The molecule has 4 rings (SSSR count). The zero-order valence-electron chi connectivity index (χ0n) is 16.9. The van der Waals surface area contributed by atoms with Crippen LogP contribution in [-0.2, 0) is 11.2 Å². The van der Waals surface area contributed by atoms with Crippen LogP contribution < -0.4 is 14.8 Å². The van der Waals surface area contributed by atoms with Crippen LogP contribution in [0.4, 0.5) is 5.82 Å². The number of ether oxygens (including phenoxy) is 2. The number of aromatic amines is 1. The number of carbonyl (C=O) groups excluding carboxylic acids is 1. The maximum atomic E-state index is 12.4. The number of rotatable bonds is 7. The Balaban J connectivity index is 1.53. The smallest absolute Gasteiger partial charge is 0.225 e. The van der Waals surface area contributed by atoms with Gasteiger partial charge in [0.1, 0.15) is 11.5 Å². The highest BCUT2D eigenvalue weighted by Gasteiger charge is 2.13. The summed E-state index contributed by atoms with van der Waals surface area (Å²) in [6.07, 6.45) is 1.09. The number of carbonyl (C=O) groups is 1. The highest BCUT2D eigenvalue weighted by atomic mass is 16.5. The van der Waals surface area contributed by atoms with E-state index >= 15 is 0 Å². The van der Waals surface area contributed by atoms with E-state index in [1.165, 1.54) is 0 Å². The second kappa shape index (κ2) is 8.69. The number of methoxy groups -OCH3 is 2. The minimum absolute atomic E-state index is 0.0641. The molecule has 4 aromatic rings. The molecule has 30 heavy (non-hydrogen) atoms. The molecule has 3 aromatic carbocycles. The largest absolute Gasteiger partial charge is 0.497 e. The summed E-state index contributed by atoms with van der Waals surface area (Å²) >= 11 is 0. The summed E-state index contributed by atoms with van der Waals surface area (Å²) < 4.78 is 10.8. The number of benzene rings is 3. The van der Waals surface area contributed by atoms with Gasteiger partial charge in [0, 0.05) is 17.4 Å². The summed E-state index contributed by atoms with van der Waals surface area (Å²) in [5.74, 6) is 1.98. The minimum atomic E-state index is -0.0641. The first-order valence-corrected chi connectivity index (χ1v) is 9.72. The van der Waals surface area contributed by atoms with Crippen molar-refractivity contribution in [1.82, 2.24) is 10.2 Å². The number of aryl methyl sites for hydroxylation is 1.